The zero-order valence-electron chi connectivity index (χ0n) is 15.6. The lowest BCUT2D eigenvalue weighted by molar-refractivity contribution is 1.13. The van der Waals surface area contributed by atoms with Gasteiger partial charge in [-0.2, -0.15) is 0 Å². The molecule has 0 fully saturated rings. The summed E-state index contributed by atoms with van der Waals surface area (Å²) in [6, 6.07) is 18.2. The van der Waals surface area contributed by atoms with Gasteiger partial charge in [0.05, 0.1) is 8.07 Å². The first-order valence-corrected chi connectivity index (χ1v) is 16.0. The van der Waals surface area contributed by atoms with Crippen LogP contribution in [0.1, 0.15) is 16.7 Å². The molecule has 124 valence electrons. The molecule has 0 bridgehead atoms. The lowest BCUT2D eigenvalue weighted by Crippen LogP contribution is -2.32. The van der Waals surface area contributed by atoms with Crippen LogP contribution in [0, 0.1) is 0 Å². The summed E-state index contributed by atoms with van der Waals surface area (Å²) in [4.78, 5) is 0. The van der Waals surface area contributed by atoms with Crippen molar-refractivity contribution in [1.82, 2.24) is 4.23 Å². The van der Waals surface area contributed by atoms with Crippen LogP contribution < -0.4 is 0 Å². The van der Waals surface area contributed by atoms with Crippen LogP contribution in [-0.2, 0) is 0 Å². The highest BCUT2D eigenvalue weighted by Gasteiger charge is 2.42. The van der Waals surface area contributed by atoms with Crippen molar-refractivity contribution in [2.75, 3.05) is 0 Å². The monoisotopic (exact) mass is 349 g/mol. The Morgan fingerprint density at radius 2 is 1.42 bits per heavy atom. The topological polar surface area (TPSA) is 4.93 Å². The van der Waals surface area contributed by atoms with Gasteiger partial charge in [-0.05, 0) is 17.2 Å². The molecule has 1 atom stereocenters. The number of nitrogens with zero attached hydrogens (tertiary/aromatic N) is 1. The van der Waals surface area contributed by atoms with E-state index in [0.29, 0.717) is 5.54 Å². The van der Waals surface area contributed by atoms with Crippen molar-refractivity contribution in [2.24, 2.45) is 0 Å². The first-order valence-electron chi connectivity index (χ1n) is 8.94. The number of hydrogen-bond acceptors (Lipinski definition) is 0. The zero-order valence-corrected chi connectivity index (χ0v) is 17.6. The molecule has 0 amide bonds. The van der Waals surface area contributed by atoms with E-state index in [-0.39, 0.29) is 0 Å². The number of para-hydroxylation sites is 1. The molecule has 1 heterocycles. The van der Waals surface area contributed by atoms with Crippen molar-refractivity contribution >= 4 is 27.2 Å². The summed E-state index contributed by atoms with van der Waals surface area (Å²) < 4.78 is 2.72. The molecule has 0 N–H and O–H groups in total. The molecule has 1 aromatic heterocycles. The molecule has 3 heteroatoms. The van der Waals surface area contributed by atoms with Crippen LogP contribution in [0.25, 0.3) is 22.2 Å². The molecule has 3 aromatic rings. The Morgan fingerprint density at radius 3 is 2.08 bits per heavy atom. The van der Waals surface area contributed by atoms with Gasteiger partial charge in [-0.1, -0.05) is 81.7 Å². The second-order valence-corrected chi connectivity index (χ2v) is 19.3. The summed E-state index contributed by atoms with van der Waals surface area (Å²) in [7, 11) is -2.92. The number of benzene rings is 2. The maximum Gasteiger partial charge on any atom is 0.153 e. The van der Waals surface area contributed by atoms with Crippen molar-refractivity contribution in [3.8, 4) is 11.3 Å². The average molecular weight is 350 g/mol. The van der Waals surface area contributed by atoms with Gasteiger partial charge in [-0.3, -0.25) is 0 Å². The maximum absolute atomic E-state index is 2.72. The number of aromatic nitrogens is 1. The summed E-state index contributed by atoms with van der Waals surface area (Å²) in [5.41, 5.74) is 8.25. The summed E-state index contributed by atoms with van der Waals surface area (Å²) >= 11 is 0. The van der Waals surface area contributed by atoms with E-state index in [9.17, 15) is 0 Å². The predicted octanol–water partition coefficient (Wildman–Crippen LogP) is 6.31. The molecule has 2 aromatic carbocycles. The Labute approximate surface area is 147 Å². The Balaban J connectivity index is 2.21. The van der Waals surface area contributed by atoms with E-state index in [4.69, 9.17) is 0 Å². The third kappa shape index (κ3) is 2.11. The van der Waals surface area contributed by atoms with E-state index in [1.54, 1.807) is 11.1 Å². The van der Waals surface area contributed by atoms with Crippen molar-refractivity contribution in [3.05, 3.63) is 59.7 Å². The van der Waals surface area contributed by atoms with E-state index >= 15 is 0 Å². The molecule has 4 rings (SSSR count). The normalized spacial score (nSPS) is 17.2. The minimum absolute atomic E-state index is 0.603. The van der Waals surface area contributed by atoms with Crippen LogP contribution in [0.5, 0.6) is 0 Å². The van der Waals surface area contributed by atoms with Crippen LogP contribution in [0.4, 0.5) is 0 Å². The minimum Gasteiger partial charge on any atom is -0.368 e. The fourth-order valence-electron chi connectivity index (χ4n) is 4.54. The largest absolute Gasteiger partial charge is 0.368 e. The predicted molar refractivity (Wildman–Crippen MR) is 111 cm³/mol. The van der Waals surface area contributed by atoms with Crippen LogP contribution in [0.2, 0.25) is 39.3 Å². The first kappa shape index (κ1) is 15.9. The van der Waals surface area contributed by atoms with E-state index < -0.39 is 16.3 Å². The highest BCUT2D eigenvalue weighted by Crippen LogP contribution is 2.53. The van der Waals surface area contributed by atoms with Crippen LogP contribution in [-0.4, -0.2) is 20.5 Å². The number of rotatable bonds is 2. The molecule has 0 saturated carbocycles. The van der Waals surface area contributed by atoms with Crippen molar-refractivity contribution < 1.29 is 0 Å². The molecule has 1 aliphatic rings. The van der Waals surface area contributed by atoms with Crippen molar-refractivity contribution in [1.29, 1.82) is 0 Å². The van der Waals surface area contributed by atoms with E-state index in [1.807, 2.05) is 0 Å². The second-order valence-electron chi connectivity index (χ2n) is 9.17. The lowest BCUT2D eigenvalue weighted by Gasteiger charge is -2.27. The lowest BCUT2D eigenvalue weighted by atomic mass is 10.1. The summed E-state index contributed by atoms with van der Waals surface area (Å²) in [6.07, 6.45) is 0. The molecule has 0 radical (unpaired) electrons. The van der Waals surface area contributed by atoms with Crippen LogP contribution in [0.15, 0.2) is 48.5 Å². The Hall–Kier alpha value is -1.59. The summed E-state index contributed by atoms with van der Waals surface area (Å²) in [5.74, 6) is 0. The zero-order chi connectivity index (χ0) is 17.3. The number of hydrogen-bond donors (Lipinski definition) is 0. The molecule has 0 spiro atoms. The molecular weight excluding hydrogens is 322 g/mol. The molecule has 0 aliphatic heterocycles. The van der Waals surface area contributed by atoms with Gasteiger partial charge in [-0.25, -0.2) is 0 Å². The smallest absolute Gasteiger partial charge is 0.153 e. The van der Waals surface area contributed by atoms with Gasteiger partial charge in [0.2, 0.25) is 0 Å². The average Bonchev–Trinajstić information content (AvgIpc) is 2.98. The Morgan fingerprint density at radius 1 is 0.792 bits per heavy atom. The second kappa shape index (κ2) is 4.96. The highest BCUT2D eigenvalue weighted by molar-refractivity contribution is 6.79. The molecular formula is C21H27NSi2. The van der Waals surface area contributed by atoms with Crippen molar-refractivity contribution in [3.63, 3.8) is 0 Å². The molecule has 0 saturated heterocycles. The molecule has 1 aliphatic carbocycles. The Kier molecular flexibility index (Phi) is 3.29. The third-order valence-corrected chi connectivity index (χ3v) is 9.40. The van der Waals surface area contributed by atoms with E-state index in [2.05, 4.69) is 92.0 Å². The fraction of sp³-hybridized carbons (Fsp3) is 0.333. The fourth-order valence-corrected chi connectivity index (χ4v) is 8.71. The first-order chi connectivity index (χ1) is 11.2. The van der Waals surface area contributed by atoms with E-state index in [0.717, 1.165) is 0 Å². The van der Waals surface area contributed by atoms with Gasteiger partial charge >= 0.3 is 0 Å². The quantitative estimate of drug-likeness (QED) is 0.477. The minimum atomic E-state index is -1.53. The van der Waals surface area contributed by atoms with Crippen LogP contribution >= 0.6 is 0 Å². The highest BCUT2D eigenvalue weighted by atomic mass is 28.3. The van der Waals surface area contributed by atoms with Gasteiger partial charge in [-0.15, -0.1) is 0 Å². The Bertz CT molecular complexity index is 939. The summed E-state index contributed by atoms with van der Waals surface area (Å²) in [5, 5.41) is 1.48. The SMILES string of the molecule is C[Si](C)(C)C1c2ccccc2-c2c1c1ccccc1n2[Si](C)(C)C. The molecule has 24 heavy (non-hydrogen) atoms. The molecule has 1 unspecified atom stereocenters. The maximum atomic E-state index is 2.72. The van der Waals surface area contributed by atoms with Crippen molar-refractivity contribution in [2.45, 2.75) is 44.8 Å². The third-order valence-electron chi connectivity index (χ3n) is 5.27. The van der Waals surface area contributed by atoms with Gasteiger partial charge in [0, 0.05) is 27.7 Å². The van der Waals surface area contributed by atoms with Gasteiger partial charge in [0.25, 0.3) is 0 Å². The number of fused-ring (bicyclic) bond motifs is 5. The van der Waals surface area contributed by atoms with E-state index in [1.165, 1.54) is 22.2 Å². The van der Waals surface area contributed by atoms with Gasteiger partial charge < -0.3 is 4.23 Å². The standard InChI is InChI=1S/C21H27NSi2/c1-23(2,3)21-16-12-8-7-11-15(16)20-19(21)17-13-9-10-14-18(17)22(20)24(4,5)6/h7-14,21H,1-6H3. The summed E-state index contributed by atoms with van der Waals surface area (Å²) in [6.45, 7) is 14.9. The van der Waals surface area contributed by atoms with Gasteiger partial charge in [0.15, 0.2) is 8.24 Å². The molecule has 1 nitrogen and oxygen atoms in total. The van der Waals surface area contributed by atoms with Gasteiger partial charge in [0.1, 0.15) is 0 Å². The van der Waals surface area contributed by atoms with Crippen LogP contribution in [0.3, 0.4) is 0 Å².